The van der Waals surface area contributed by atoms with Crippen LogP contribution >= 0.6 is 0 Å². The lowest BCUT2D eigenvalue weighted by atomic mass is 9.74. The van der Waals surface area contributed by atoms with Gasteiger partial charge in [-0.25, -0.2) is 8.78 Å². The summed E-state index contributed by atoms with van der Waals surface area (Å²) in [6, 6.07) is 2.65. The normalized spacial score (nSPS) is 29.4. The summed E-state index contributed by atoms with van der Waals surface area (Å²) in [5.74, 6) is -0.931. The molecule has 0 saturated heterocycles. The van der Waals surface area contributed by atoms with E-state index in [9.17, 15) is 13.9 Å². The molecule has 1 saturated carbocycles. The zero-order valence-corrected chi connectivity index (χ0v) is 10.3. The monoisotopic (exact) mass is 240 g/mol. The van der Waals surface area contributed by atoms with Crippen LogP contribution in [0.1, 0.15) is 43.7 Å². The molecule has 0 aliphatic heterocycles. The Labute approximate surface area is 100 Å². The maximum absolute atomic E-state index is 14.0. The Kier molecular flexibility index (Phi) is 3.21. The van der Waals surface area contributed by atoms with Crippen molar-refractivity contribution in [1.82, 2.24) is 0 Å². The first-order chi connectivity index (χ1) is 7.94. The zero-order chi connectivity index (χ0) is 12.6. The Balaban J connectivity index is 2.48. The van der Waals surface area contributed by atoms with Gasteiger partial charge >= 0.3 is 0 Å². The molecular formula is C14H18F2O. The molecule has 1 nitrogen and oxygen atoms in total. The lowest BCUT2D eigenvalue weighted by Gasteiger charge is -2.36. The van der Waals surface area contributed by atoms with Crippen molar-refractivity contribution in [3.8, 4) is 0 Å². The molecule has 0 heterocycles. The summed E-state index contributed by atoms with van der Waals surface area (Å²) in [6.07, 6.45) is 2.70. The third kappa shape index (κ3) is 2.21. The van der Waals surface area contributed by atoms with Gasteiger partial charge in [0.1, 0.15) is 11.6 Å². The Morgan fingerprint density at radius 1 is 1.35 bits per heavy atom. The first kappa shape index (κ1) is 12.5. The molecule has 3 heteroatoms. The van der Waals surface area contributed by atoms with Crippen LogP contribution < -0.4 is 0 Å². The number of benzene rings is 1. The van der Waals surface area contributed by atoms with Gasteiger partial charge in [-0.2, -0.15) is 0 Å². The van der Waals surface area contributed by atoms with Crippen molar-refractivity contribution in [3.05, 3.63) is 34.9 Å². The van der Waals surface area contributed by atoms with E-state index in [4.69, 9.17) is 0 Å². The van der Waals surface area contributed by atoms with Crippen molar-refractivity contribution in [1.29, 1.82) is 0 Å². The quantitative estimate of drug-likeness (QED) is 0.794. The second-order valence-corrected chi connectivity index (χ2v) is 5.29. The third-order valence-electron chi connectivity index (χ3n) is 3.72. The van der Waals surface area contributed by atoms with Crippen LogP contribution in [0.3, 0.4) is 0 Å². The molecule has 1 aliphatic rings. The van der Waals surface area contributed by atoms with Crippen LogP contribution in [0.4, 0.5) is 8.78 Å². The smallest absolute Gasteiger partial charge is 0.135 e. The maximum Gasteiger partial charge on any atom is 0.135 e. The molecule has 0 aromatic heterocycles. The van der Waals surface area contributed by atoms with Gasteiger partial charge in [0.2, 0.25) is 0 Å². The van der Waals surface area contributed by atoms with E-state index in [-0.39, 0.29) is 5.56 Å². The van der Waals surface area contributed by atoms with E-state index in [0.717, 1.165) is 12.8 Å². The Bertz CT molecular complexity index is 430. The molecule has 1 aromatic rings. The van der Waals surface area contributed by atoms with Crippen molar-refractivity contribution in [2.75, 3.05) is 0 Å². The summed E-state index contributed by atoms with van der Waals surface area (Å²) < 4.78 is 27.8. The summed E-state index contributed by atoms with van der Waals surface area (Å²) in [7, 11) is 0. The van der Waals surface area contributed by atoms with Crippen LogP contribution in [0.25, 0.3) is 0 Å². The molecule has 2 unspecified atom stereocenters. The molecule has 1 fully saturated rings. The largest absolute Gasteiger partial charge is 0.385 e. The van der Waals surface area contributed by atoms with E-state index in [2.05, 4.69) is 0 Å². The van der Waals surface area contributed by atoms with Crippen LogP contribution in [0.5, 0.6) is 0 Å². The molecule has 17 heavy (non-hydrogen) atoms. The van der Waals surface area contributed by atoms with E-state index in [1.165, 1.54) is 12.1 Å². The lowest BCUT2D eigenvalue weighted by molar-refractivity contribution is -0.0238. The van der Waals surface area contributed by atoms with Crippen molar-refractivity contribution < 1.29 is 13.9 Å². The van der Waals surface area contributed by atoms with Gasteiger partial charge in [-0.1, -0.05) is 19.4 Å². The van der Waals surface area contributed by atoms with Crippen molar-refractivity contribution in [3.63, 3.8) is 0 Å². The summed E-state index contributed by atoms with van der Waals surface area (Å²) in [5.41, 5.74) is -1.09. The summed E-state index contributed by atoms with van der Waals surface area (Å²) in [6.45, 7) is 3.60. The van der Waals surface area contributed by atoms with Gasteiger partial charge in [0.15, 0.2) is 0 Å². The lowest BCUT2D eigenvalue weighted by Crippen LogP contribution is -2.34. The molecule has 2 rings (SSSR count). The first-order valence-electron chi connectivity index (χ1n) is 6.11. The van der Waals surface area contributed by atoms with Crippen LogP contribution in [0, 0.1) is 24.5 Å². The van der Waals surface area contributed by atoms with Crippen LogP contribution in [0.2, 0.25) is 0 Å². The van der Waals surface area contributed by atoms with Crippen molar-refractivity contribution in [2.24, 2.45) is 5.92 Å². The molecule has 0 amide bonds. The summed E-state index contributed by atoms with van der Waals surface area (Å²) in [5, 5.41) is 10.5. The highest BCUT2D eigenvalue weighted by atomic mass is 19.1. The number of hydrogen-bond donors (Lipinski definition) is 1. The Morgan fingerprint density at radius 3 is 2.71 bits per heavy atom. The second-order valence-electron chi connectivity index (χ2n) is 5.29. The minimum Gasteiger partial charge on any atom is -0.385 e. The number of rotatable bonds is 1. The highest BCUT2D eigenvalue weighted by Crippen LogP contribution is 2.42. The van der Waals surface area contributed by atoms with Gasteiger partial charge in [-0.05, 0) is 43.7 Å². The highest BCUT2D eigenvalue weighted by Gasteiger charge is 2.39. The Morgan fingerprint density at radius 2 is 2.06 bits per heavy atom. The minimum atomic E-state index is -1.34. The van der Waals surface area contributed by atoms with Gasteiger partial charge < -0.3 is 5.11 Å². The zero-order valence-electron chi connectivity index (χ0n) is 10.3. The van der Waals surface area contributed by atoms with E-state index in [1.54, 1.807) is 6.92 Å². The van der Waals surface area contributed by atoms with Crippen LogP contribution in [-0.4, -0.2) is 5.11 Å². The third-order valence-corrected chi connectivity index (χ3v) is 3.72. The number of halogens is 2. The Hall–Kier alpha value is -0.960. The van der Waals surface area contributed by atoms with Gasteiger partial charge in [-0.3, -0.25) is 0 Å². The van der Waals surface area contributed by atoms with Crippen molar-refractivity contribution >= 4 is 0 Å². The molecule has 1 N–H and O–H groups in total. The fourth-order valence-electron chi connectivity index (χ4n) is 2.83. The topological polar surface area (TPSA) is 20.2 Å². The molecule has 0 spiro atoms. The van der Waals surface area contributed by atoms with Gasteiger partial charge in [0.05, 0.1) is 11.2 Å². The van der Waals surface area contributed by atoms with Gasteiger partial charge in [0, 0.05) is 0 Å². The molecule has 0 radical (unpaired) electrons. The number of hydrogen-bond acceptors (Lipinski definition) is 1. The molecule has 2 atom stereocenters. The number of aryl methyl sites for hydroxylation is 1. The fraction of sp³-hybridized carbons (Fsp3) is 0.571. The van der Waals surface area contributed by atoms with Crippen LogP contribution in [0.15, 0.2) is 12.1 Å². The standard InChI is InChI=1S/C14H18F2O/c1-9-4-3-7-14(17,8-9)12-11(15)6-5-10(2)13(12)16/h5-6,9,17H,3-4,7-8H2,1-2H3. The van der Waals surface area contributed by atoms with E-state index in [1.807, 2.05) is 6.92 Å². The molecular weight excluding hydrogens is 222 g/mol. The highest BCUT2D eigenvalue weighted by molar-refractivity contribution is 5.31. The average Bonchev–Trinajstić information content (AvgIpc) is 2.23. The molecule has 1 aromatic carbocycles. The fourth-order valence-corrected chi connectivity index (χ4v) is 2.83. The molecule has 1 aliphatic carbocycles. The molecule has 94 valence electrons. The second kappa shape index (κ2) is 4.37. The van der Waals surface area contributed by atoms with E-state index >= 15 is 0 Å². The van der Waals surface area contributed by atoms with Crippen molar-refractivity contribution in [2.45, 2.75) is 45.1 Å². The SMILES string of the molecule is Cc1ccc(F)c(C2(O)CCCC(C)C2)c1F. The van der Waals surface area contributed by atoms with Crippen LogP contribution in [-0.2, 0) is 5.60 Å². The predicted molar refractivity (Wildman–Crippen MR) is 62.6 cm³/mol. The first-order valence-corrected chi connectivity index (χ1v) is 6.11. The summed E-state index contributed by atoms with van der Waals surface area (Å²) >= 11 is 0. The average molecular weight is 240 g/mol. The van der Waals surface area contributed by atoms with E-state index < -0.39 is 17.2 Å². The summed E-state index contributed by atoms with van der Waals surface area (Å²) in [4.78, 5) is 0. The van der Waals surface area contributed by atoms with E-state index in [0.29, 0.717) is 24.3 Å². The molecule has 0 bridgehead atoms. The minimum absolute atomic E-state index is 0.135. The number of aliphatic hydroxyl groups is 1. The van der Waals surface area contributed by atoms with Gasteiger partial charge in [-0.15, -0.1) is 0 Å². The maximum atomic E-state index is 14.0. The van der Waals surface area contributed by atoms with Gasteiger partial charge in [0.25, 0.3) is 0 Å². The predicted octanol–water partition coefficient (Wildman–Crippen LogP) is 3.67.